The van der Waals surface area contributed by atoms with Crippen LogP contribution in [-0.2, 0) is 30.4 Å². The van der Waals surface area contributed by atoms with Gasteiger partial charge in [-0.3, -0.25) is 19.2 Å². The summed E-state index contributed by atoms with van der Waals surface area (Å²) in [5.74, 6) is -5.58. The highest BCUT2D eigenvalue weighted by atomic mass is 16.4. The van der Waals surface area contributed by atoms with Crippen molar-refractivity contribution in [3.8, 4) is 0 Å². The van der Waals surface area contributed by atoms with Gasteiger partial charge in [-0.15, -0.1) is 0 Å². The second-order valence-electron chi connectivity index (χ2n) is 7.13. The number of carboxylic acids is 2. The summed E-state index contributed by atoms with van der Waals surface area (Å²) in [4.78, 5) is 62.3. The molecule has 0 aliphatic carbocycles. The maximum atomic E-state index is 12.9. The molecule has 0 saturated carbocycles. The van der Waals surface area contributed by atoms with Gasteiger partial charge in [0, 0.05) is 23.5 Å². The number of para-hydroxylation sites is 1. The molecule has 0 spiro atoms. The van der Waals surface area contributed by atoms with E-state index in [1.165, 1.54) is 0 Å². The summed E-state index contributed by atoms with van der Waals surface area (Å²) >= 11 is 0. The van der Waals surface area contributed by atoms with Crippen LogP contribution in [0.5, 0.6) is 0 Å². The number of carboxylic acid groups (broad SMARTS) is 2. The second-order valence-corrected chi connectivity index (χ2v) is 7.13. The number of fused-ring (bicyclic) bond motifs is 1. The molecule has 1 heterocycles. The summed E-state index contributed by atoms with van der Waals surface area (Å²) in [6.45, 7) is -1.21. The van der Waals surface area contributed by atoms with Crippen LogP contribution in [-0.4, -0.2) is 81.2 Å². The first kappa shape index (κ1) is 25.3. The van der Waals surface area contributed by atoms with E-state index >= 15 is 0 Å². The summed E-state index contributed by atoms with van der Waals surface area (Å²) in [7, 11) is 0. The smallest absolute Gasteiger partial charge is 0.326 e. The van der Waals surface area contributed by atoms with Crippen LogP contribution in [0.2, 0.25) is 0 Å². The van der Waals surface area contributed by atoms with E-state index in [9.17, 15) is 34.2 Å². The lowest BCUT2D eigenvalue weighted by Crippen LogP contribution is -2.57. The van der Waals surface area contributed by atoms with Gasteiger partial charge in [-0.25, -0.2) is 4.79 Å². The third-order valence-corrected chi connectivity index (χ3v) is 4.74. The fraction of sp³-hybridized carbons (Fsp3) is 0.350. The molecular weight excluding hydrogens is 438 g/mol. The van der Waals surface area contributed by atoms with Gasteiger partial charge in [0.1, 0.15) is 18.1 Å². The second kappa shape index (κ2) is 11.6. The van der Waals surface area contributed by atoms with Gasteiger partial charge in [0.25, 0.3) is 0 Å². The lowest BCUT2D eigenvalue weighted by Gasteiger charge is -2.23. The maximum Gasteiger partial charge on any atom is 0.326 e. The number of aromatic nitrogens is 1. The number of aliphatic hydroxyl groups is 1. The normalized spacial score (nSPS) is 13.5. The van der Waals surface area contributed by atoms with Gasteiger partial charge in [0.15, 0.2) is 0 Å². The molecular formula is C20H25N5O8. The fourth-order valence-corrected chi connectivity index (χ4v) is 3.10. The zero-order chi connectivity index (χ0) is 24.5. The van der Waals surface area contributed by atoms with Crippen molar-refractivity contribution in [2.45, 2.75) is 31.0 Å². The average molecular weight is 463 g/mol. The number of hydrogen-bond donors (Lipinski definition) is 8. The van der Waals surface area contributed by atoms with Crippen molar-refractivity contribution in [3.63, 3.8) is 0 Å². The standard InChI is InChI=1S/C20H25N5O8/c21-7-16(27)23-15(9-26)19(31)24-13(18(30)25-14(20(32)33)6-17(28)29)5-10-8-22-12-4-2-1-3-11(10)12/h1-4,8,13-15,22,26H,5-7,9,21H2,(H,23,27)(H,24,31)(H,25,30)(H,28,29)(H,32,33). The summed E-state index contributed by atoms with van der Waals surface area (Å²) in [6.07, 6.45) is 0.646. The van der Waals surface area contributed by atoms with Crippen molar-refractivity contribution < 1.29 is 39.3 Å². The van der Waals surface area contributed by atoms with E-state index in [2.05, 4.69) is 20.9 Å². The van der Waals surface area contributed by atoms with Crippen molar-refractivity contribution >= 4 is 40.6 Å². The number of nitrogens with one attached hydrogen (secondary N) is 4. The molecule has 1 aromatic carbocycles. The van der Waals surface area contributed by atoms with Crippen LogP contribution in [0, 0.1) is 0 Å². The third kappa shape index (κ3) is 7.02. The molecule has 9 N–H and O–H groups in total. The minimum absolute atomic E-state index is 0.0933. The van der Waals surface area contributed by atoms with E-state index in [0.717, 1.165) is 10.9 Å². The van der Waals surface area contributed by atoms with Crippen molar-refractivity contribution in [2.75, 3.05) is 13.2 Å². The molecule has 13 nitrogen and oxygen atoms in total. The van der Waals surface area contributed by atoms with Gasteiger partial charge in [-0.05, 0) is 11.6 Å². The van der Waals surface area contributed by atoms with E-state index in [4.69, 9.17) is 10.8 Å². The summed E-state index contributed by atoms with van der Waals surface area (Å²) in [5, 5.41) is 35.0. The highest BCUT2D eigenvalue weighted by molar-refractivity contribution is 5.95. The topological polar surface area (TPSA) is 224 Å². The van der Waals surface area contributed by atoms with Crippen LogP contribution < -0.4 is 21.7 Å². The molecule has 3 unspecified atom stereocenters. The Morgan fingerprint density at radius 2 is 1.58 bits per heavy atom. The molecule has 178 valence electrons. The highest BCUT2D eigenvalue weighted by Gasteiger charge is 2.31. The van der Waals surface area contributed by atoms with Gasteiger partial charge >= 0.3 is 11.9 Å². The minimum Gasteiger partial charge on any atom is -0.481 e. The van der Waals surface area contributed by atoms with E-state index in [-0.39, 0.29) is 6.42 Å². The molecule has 0 saturated heterocycles. The zero-order valence-electron chi connectivity index (χ0n) is 17.4. The monoisotopic (exact) mass is 463 g/mol. The predicted octanol–water partition coefficient (Wildman–Crippen LogP) is -2.32. The largest absolute Gasteiger partial charge is 0.481 e. The van der Waals surface area contributed by atoms with Crippen molar-refractivity contribution in [2.24, 2.45) is 5.73 Å². The average Bonchev–Trinajstić information content (AvgIpc) is 3.18. The number of carbonyl (C=O) groups is 5. The molecule has 3 amide bonds. The van der Waals surface area contributed by atoms with Crippen molar-refractivity contribution in [1.82, 2.24) is 20.9 Å². The third-order valence-electron chi connectivity index (χ3n) is 4.74. The SMILES string of the molecule is NCC(=O)NC(CO)C(=O)NC(Cc1c[nH]c2ccccc12)C(=O)NC(CC(=O)O)C(=O)O. The number of aromatic amines is 1. The van der Waals surface area contributed by atoms with Crippen molar-refractivity contribution in [3.05, 3.63) is 36.0 Å². The molecule has 0 fully saturated rings. The van der Waals surface area contributed by atoms with Gasteiger partial charge in [0.05, 0.1) is 19.6 Å². The van der Waals surface area contributed by atoms with Crippen LogP contribution in [0.25, 0.3) is 10.9 Å². The molecule has 3 atom stereocenters. The molecule has 2 aromatic rings. The first-order valence-corrected chi connectivity index (χ1v) is 9.86. The van der Waals surface area contributed by atoms with Gasteiger partial charge in [0.2, 0.25) is 17.7 Å². The Labute approximate surface area is 187 Å². The minimum atomic E-state index is -1.73. The van der Waals surface area contributed by atoms with Crippen LogP contribution in [0.3, 0.4) is 0 Å². The number of H-pyrrole nitrogens is 1. The number of nitrogens with two attached hydrogens (primary N) is 1. The van der Waals surface area contributed by atoms with Crippen molar-refractivity contribution in [1.29, 1.82) is 0 Å². The van der Waals surface area contributed by atoms with E-state index in [1.54, 1.807) is 30.5 Å². The molecule has 0 bridgehead atoms. The maximum absolute atomic E-state index is 12.9. The van der Waals surface area contributed by atoms with Crippen LogP contribution in [0.4, 0.5) is 0 Å². The molecule has 33 heavy (non-hydrogen) atoms. The molecule has 13 heteroatoms. The number of aliphatic hydroxyl groups excluding tert-OH is 1. The zero-order valence-corrected chi connectivity index (χ0v) is 17.4. The number of hydrogen-bond acceptors (Lipinski definition) is 7. The molecule has 1 aromatic heterocycles. The van der Waals surface area contributed by atoms with Gasteiger partial charge < -0.3 is 42.0 Å². The first-order chi connectivity index (χ1) is 15.7. The Hall–Kier alpha value is -3.97. The Bertz CT molecular complexity index is 1040. The van der Waals surface area contributed by atoms with Crippen LogP contribution in [0.15, 0.2) is 30.5 Å². The number of rotatable bonds is 12. The number of aliphatic carboxylic acids is 2. The first-order valence-electron chi connectivity index (χ1n) is 9.86. The number of amides is 3. The molecule has 2 rings (SSSR count). The predicted molar refractivity (Wildman–Crippen MR) is 114 cm³/mol. The van der Waals surface area contributed by atoms with E-state index in [0.29, 0.717) is 5.56 Å². The summed E-state index contributed by atoms with van der Waals surface area (Å²) in [5.41, 5.74) is 6.57. The molecule has 0 radical (unpaired) electrons. The number of carbonyl (C=O) groups excluding carboxylic acids is 3. The number of benzene rings is 1. The molecule has 0 aliphatic rings. The fourth-order valence-electron chi connectivity index (χ4n) is 3.10. The Balaban J connectivity index is 2.29. The highest BCUT2D eigenvalue weighted by Crippen LogP contribution is 2.19. The Morgan fingerprint density at radius 1 is 0.939 bits per heavy atom. The summed E-state index contributed by atoms with van der Waals surface area (Å²) in [6, 6.07) is 2.65. The van der Waals surface area contributed by atoms with Gasteiger partial charge in [-0.1, -0.05) is 18.2 Å². The lowest BCUT2D eigenvalue weighted by molar-refractivity contribution is -0.147. The lowest BCUT2D eigenvalue weighted by atomic mass is 10.0. The Kier molecular flexibility index (Phi) is 8.89. The van der Waals surface area contributed by atoms with Crippen LogP contribution >= 0.6 is 0 Å². The quantitative estimate of drug-likeness (QED) is 0.169. The molecule has 0 aliphatic heterocycles. The van der Waals surface area contributed by atoms with Gasteiger partial charge in [-0.2, -0.15) is 0 Å². The Morgan fingerprint density at radius 3 is 2.18 bits per heavy atom. The van der Waals surface area contributed by atoms with E-state index in [1.807, 2.05) is 0 Å². The van der Waals surface area contributed by atoms with Crippen LogP contribution in [0.1, 0.15) is 12.0 Å². The summed E-state index contributed by atoms with van der Waals surface area (Å²) < 4.78 is 0. The van der Waals surface area contributed by atoms with E-state index < -0.39 is 67.4 Å².